The van der Waals surface area contributed by atoms with Crippen molar-refractivity contribution in [2.45, 2.75) is 25.3 Å². The summed E-state index contributed by atoms with van der Waals surface area (Å²) in [6.45, 7) is 1.02. The van der Waals surface area contributed by atoms with Gasteiger partial charge in [-0.2, -0.15) is 0 Å². The summed E-state index contributed by atoms with van der Waals surface area (Å²) in [5.41, 5.74) is 2.11. The van der Waals surface area contributed by atoms with Gasteiger partial charge in [0.1, 0.15) is 0 Å². The number of hydrogen-bond acceptors (Lipinski definition) is 3. The van der Waals surface area contributed by atoms with E-state index >= 15 is 0 Å². The van der Waals surface area contributed by atoms with Gasteiger partial charge in [0.25, 0.3) is 0 Å². The number of furan rings is 1. The van der Waals surface area contributed by atoms with E-state index in [-0.39, 0.29) is 0 Å². The Morgan fingerprint density at radius 3 is 3.06 bits per heavy atom. The van der Waals surface area contributed by atoms with E-state index in [2.05, 4.69) is 11.4 Å². The van der Waals surface area contributed by atoms with Crippen molar-refractivity contribution < 1.29 is 9.15 Å². The molecule has 1 aromatic carbocycles. The molecule has 3 heteroatoms. The summed E-state index contributed by atoms with van der Waals surface area (Å²) in [6.07, 6.45) is 5.53. The van der Waals surface area contributed by atoms with Gasteiger partial charge in [-0.05, 0) is 37.4 Å². The number of hydrogen-bond donors (Lipinski definition) is 1. The summed E-state index contributed by atoms with van der Waals surface area (Å²) in [5, 5.41) is 4.68. The van der Waals surface area contributed by atoms with Crippen LogP contribution in [0.1, 0.15) is 18.4 Å². The fraction of sp³-hybridized carbons (Fsp3) is 0.429. The first-order valence-corrected chi connectivity index (χ1v) is 6.15. The van der Waals surface area contributed by atoms with Crippen molar-refractivity contribution in [1.29, 1.82) is 0 Å². The molecule has 1 aromatic heterocycles. The molecule has 90 valence electrons. The van der Waals surface area contributed by atoms with Crippen molar-refractivity contribution in [3.8, 4) is 5.75 Å². The molecule has 1 fully saturated rings. The maximum Gasteiger partial charge on any atom is 0.175 e. The lowest BCUT2D eigenvalue weighted by molar-refractivity contribution is 0.410. The van der Waals surface area contributed by atoms with Crippen LogP contribution in [-0.4, -0.2) is 19.7 Å². The zero-order valence-electron chi connectivity index (χ0n) is 10.0. The lowest BCUT2D eigenvalue weighted by Crippen LogP contribution is -2.19. The number of fused-ring (bicyclic) bond motifs is 1. The number of benzene rings is 1. The number of rotatable bonds is 5. The first-order valence-electron chi connectivity index (χ1n) is 6.15. The molecule has 1 N–H and O–H groups in total. The quantitative estimate of drug-likeness (QED) is 0.859. The number of para-hydroxylation sites is 1. The normalized spacial score (nSPS) is 15.4. The lowest BCUT2D eigenvalue weighted by Gasteiger charge is -2.02. The van der Waals surface area contributed by atoms with Crippen molar-refractivity contribution in [3.05, 3.63) is 30.0 Å². The molecule has 0 amide bonds. The van der Waals surface area contributed by atoms with E-state index in [1.165, 1.54) is 23.8 Å². The highest BCUT2D eigenvalue weighted by atomic mass is 16.5. The van der Waals surface area contributed by atoms with Gasteiger partial charge < -0.3 is 14.5 Å². The Labute approximate surface area is 101 Å². The smallest absolute Gasteiger partial charge is 0.175 e. The highest BCUT2D eigenvalue weighted by molar-refractivity contribution is 5.86. The largest absolute Gasteiger partial charge is 0.493 e. The highest BCUT2D eigenvalue weighted by Crippen LogP contribution is 2.29. The molecule has 0 radical (unpaired) electrons. The lowest BCUT2D eigenvalue weighted by atomic mass is 10.1. The molecule has 3 nitrogen and oxygen atoms in total. The fourth-order valence-corrected chi connectivity index (χ4v) is 2.14. The van der Waals surface area contributed by atoms with Crippen molar-refractivity contribution in [1.82, 2.24) is 5.32 Å². The Hall–Kier alpha value is -1.48. The summed E-state index contributed by atoms with van der Waals surface area (Å²) >= 11 is 0. The summed E-state index contributed by atoms with van der Waals surface area (Å²) in [6, 6.07) is 6.79. The molecule has 0 spiro atoms. The molecule has 1 aliphatic rings. The van der Waals surface area contributed by atoms with E-state index in [0.29, 0.717) is 0 Å². The van der Waals surface area contributed by atoms with Gasteiger partial charge in [-0.3, -0.25) is 0 Å². The van der Waals surface area contributed by atoms with E-state index in [1.54, 1.807) is 7.11 Å². The van der Waals surface area contributed by atoms with Gasteiger partial charge >= 0.3 is 0 Å². The maximum absolute atomic E-state index is 5.59. The van der Waals surface area contributed by atoms with Crippen LogP contribution in [0.15, 0.2) is 28.9 Å². The molecule has 0 bridgehead atoms. The Kier molecular flexibility index (Phi) is 2.77. The highest BCUT2D eigenvalue weighted by Gasteiger charge is 2.20. The summed E-state index contributed by atoms with van der Waals surface area (Å²) in [4.78, 5) is 0. The predicted molar refractivity (Wildman–Crippen MR) is 67.5 cm³/mol. The minimum Gasteiger partial charge on any atom is -0.493 e. The Bertz CT molecular complexity index is 514. The van der Waals surface area contributed by atoms with Crippen molar-refractivity contribution in [3.63, 3.8) is 0 Å². The predicted octanol–water partition coefficient (Wildman–Crippen LogP) is 2.74. The standard InChI is InChI=1S/C14H17NO2/c1-16-13-4-2-3-12-10(9-17-14(12)13)7-8-15-11-5-6-11/h2-4,9,11,15H,5-8H2,1H3. The van der Waals surface area contributed by atoms with Crippen molar-refractivity contribution >= 4 is 11.0 Å². The zero-order valence-corrected chi connectivity index (χ0v) is 10.0. The number of methoxy groups -OCH3 is 1. The topological polar surface area (TPSA) is 34.4 Å². The summed E-state index contributed by atoms with van der Waals surface area (Å²) in [5.74, 6) is 0.809. The van der Waals surface area contributed by atoms with Crippen LogP contribution in [0.3, 0.4) is 0 Å². The van der Waals surface area contributed by atoms with Crippen LogP contribution < -0.4 is 10.1 Å². The van der Waals surface area contributed by atoms with Gasteiger partial charge in [0.05, 0.1) is 13.4 Å². The van der Waals surface area contributed by atoms with Gasteiger partial charge in [0.2, 0.25) is 0 Å². The minimum atomic E-state index is 0.766. The van der Waals surface area contributed by atoms with E-state index < -0.39 is 0 Å². The van der Waals surface area contributed by atoms with Crippen LogP contribution >= 0.6 is 0 Å². The van der Waals surface area contributed by atoms with Crippen LogP contribution in [-0.2, 0) is 6.42 Å². The van der Waals surface area contributed by atoms with Crippen LogP contribution in [0.4, 0.5) is 0 Å². The average molecular weight is 231 g/mol. The molecule has 1 heterocycles. The van der Waals surface area contributed by atoms with Gasteiger partial charge in [-0.1, -0.05) is 12.1 Å². The maximum atomic E-state index is 5.59. The first kappa shape index (κ1) is 10.7. The molecule has 0 unspecified atom stereocenters. The van der Waals surface area contributed by atoms with Crippen molar-refractivity contribution in [2.75, 3.05) is 13.7 Å². The zero-order chi connectivity index (χ0) is 11.7. The van der Waals surface area contributed by atoms with Crippen LogP contribution in [0.2, 0.25) is 0 Å². The molecule has 1 saturated carbocycles. The third-order valence-corrected chi connectivity index (χ3v) is 3.27. The van der Waals surface area contributed by atoms with E-state index in [9.17, 15) is 0 Å². The van der Waals surface area contributed by atoms with Crippen LogP contribution in [0.5, 0.6) is 5.75 Å². The average Bonchev–Trinajstić information content (AvgIpc) is 3.09. The summed E-state index contributed by atoms with van der Waals surface area (Å²) < 4.78 is 10.9. The molecule has 0 aliphatic heterocycles. The third kappa shape index (κ3) is 2.15. The van der Waals surface area contributed by atoms with E-state index in [4.69, 9.17) is 9.15 Å². The summed E-state index contributed by atoms with van der Waals surface area (Å²) in [7, 11) is 1.67. The molecule has 0 atom stereocenters. The fourth-order valence-electron chi connectivity index (χ4n) is 2.14. The number of ether oxygens (including phenoxy) is 1. The van der Waals surface area contributed by atoms with Gasteiger partial charge in [-0.25, -0.2) is 0 Å². The molecular weight excluding hydrogens is 214 g/mol. The second kappa shape index (κ2) is 4.41. The van der Waals surface area contributed by atoms with Crippen LogP contribution in [0.25, 0.3) is 11.0 Å². The molecular formula is C14H17NO2. The molecule has 1 aliphatic carbocycles. The minimum absolute atomic E-state index is 0.766. The second-order valence-corrected chi connectivity index (χ2v) is 4.58. The Morgan fingerprint density at radius 2 is 2.29 bits per heavy atom. The Balaban J connectivity index is 1.79. The van der Waals surface area contributed by atoms with Gasteiger partial charge in [0.15, 0.2) is 11.3 Å². The first-order chi connectivity index (χ1) is 8.38. The van der Waals surface area contributed by atoms with Crippen molar-refractivity contribution in [2.24, 2.45) is 0 Å². The third-order valence-electron chi connectivity index (χ3n) is 3.27. The van der Waals surface area contributed by atoms with E-state index in [1.807, 2.05) is 18.4 Å². The Morgan fingerprint density at radius 1 is 1.41 bits per heavy atom. The van der Waals surface area contributed by atoms with E-state index in [0.717, 1.165) is 30.3 Å². The monoisotopic (exact) mass is 231 g/mol. The SMILES string of the molecule is COc1cccc2c(CCNC3CC3)coc12. The molecule has 2 aromatic rings. The van der Waals surface area contributed by atoms with Crippen LogP contribution in [0, 0.1) is 0 Å². The number of nitrogens with one attached hydrogen (secondary N) is 1. The molecule has 3 rings (SSSR count). The molecule has 0 saturated heterocycles. The van der Waals surface area contributed by atoms with Gasteiger partial charge in [-0.15, -0.1) is 0 Å². The second-order valence-electron chi connectivity index (χ2n) is 4.58. The van der Waals surface area contributed by atoms with Gasteiger partial charge in [0, 0.05) is 11.4 Å². The molecule has 17 heavy (non-hydrogen) atoms.